The van der Waals surface area contributed by atoms with Gasteiger partial charge >= 0.3 is 12.1 Å². The topological polar surface area (TPSA) is 105 Å². The van der Waals surface area contributed by atoms with Gasteiger partial charge in [0.15, 0.2) is 11.5 Å². The van der Waals surface area contributed by atoms with Crippen molar-refractivity contribution < 1.29 is 32.7 Å². The summed E-state index contributed by atoms with van der Waals surface area (Å²) in [6.07, 6.45) is 0.762. The number of amides is 1. The van der Waals surface area contributed by atoms with Crippen molar-refractivity contribution in [2.75, 3.05) is 13.1 Å². The fourth-order valence-electron chi connectivity index (χ4n) is 4.78. The van der Waals surface area contributed by atoms with Crippen LogP contribution in [-0.4, -0.2) is 55.5 Å². The van der Waals surface area contributed by atoms with Crippen molar-refractivity contribution in [3.8, 4) is 0 Å². The molecule has 37 heavy (non-hydrogen) atoms. The van der Waals surface area contributed by atoms with Crippen LogP contribution in [0.15, 0.2) is 18.6 Å². The molecule has 0 aliphatic heterocycles. The van der Waals surface area contributed by atoms with E-state index in [1.54, 1.807) is 0 Å². The smallest absolute Gasteiger partial charge is 0.433 e. The third kappa shape index (κ3) is 5.93. The fourth-order valence-corrected chi connectivity index (χ4v) is 5.35. The number of nitrogens with zero attached hydrogens (tertiary/aromatic N) is 4. The Kier molecular flexibility index (Phi) is 7.58. The number of Topliss-reactive ketones (excluding diaryl/α,β-unsaturated/α-hetero) is 1. The largest absolute Gasteiger partial charge is 0.481 e. The molecular weight excluding hydrogens is 536 g/mol. The molecule has 2 aliphatic rings. The molecule has 0 bridgehead atoms. The Labute approximate surface area is 220 Å². The monoisotopic (exact) mass is 560 g/mol. The summed E-state index contributed by atoms with van der Waals surface area (Å²) in [4.78, 5) is 42.8. The zero-order chi connectivity index (χ0) is 27.1. The highest BCUT2D eigenvalue weighted by Gasteiger charge is 2.45. The maximum absolute atomic E-state index is 14.3. The molecule has 13 heteroatoms. The van der Waals surface area contributed by atoms with Crippen molar-refractivity contribution >= 4 is 40.9 Å². The van der Waals surface area contributed by atoms with Gasteiger partial charge in [0.2, 0.25) is 0 Å². The van der Waals surface area contributed by atoms with E-state index >= 15 is 0 Å². The summed E-state index contributed by atoms with van der Waals surface area (Å²) in [6.45, 7) is 1.44. The molecule has 0 aromatic carbocycles. The van der Waals surface area contributed by atoms with E-state index in [4.69, 9.17) is 23.2 Å². The van der Waals surface area contributed by atoms with Gasteiger partial charge in [-0.3, -0.25) is 24.0 Å². The first kappa shape index (κ1) is 27.4. The van der Waals surface area contributed by atoms with E-state index in [0.717, 1.165) is 28.6 Å². The molecule has 0 spiro atoms. The third-order valence-corrected chi connectivity index (χ3v) is 7.69. The Morgan fingerprint density at radius 2 is 1.70 bits per heavy atom. The molecule has 0 atom stereocenters. The van der Waals surface area contributed by atoms with Crippen LogP contribution in [0.4, 0.5) is 13.2 Å². The number of pyridine rings is 1. The first-order valence-electron chi connectivity index (χ1n) is 11.8. The lowest BCUT2D eigenvalue weighted by Crippen LogP contribution is -2.40. The number of hydrogen-bond acceptors (Lipinski definition) is 5. The summed E-state index contributed by atoms with van der Waals surface area (Å²) in [5, 5.41) is 13.1. The molecule has 200 valence electrons. The van der Waals surface area contributed by atoms with Gasteiger partial charge < -0.3 is 10.0 Å². The molecule has 0 saturated heterocycles. The molecule has 0 unspecified atom stereocenters. The normalized spacial score (nSPS) is 20.9. The number of ketones is 1. The summed E-state index contributed by atoms with van der Waals surface area (Å²) >= 11 is 12.2. The van der Waals surface area contributed by atoms with Crippen LogP contribution in [0, 0.1) is 11.3 Å². The highest BCUT2D eigenvalue weighted by molar-refractivity contribution is 6.39. The highest BCUT2D eigenvalue weighted by Crippen LogP contribution is 2.46. The number of halogens is 5. The molecular formula is C24H25Cl2F3N4O4. The Balaban J connectivity index is 1.65. The average Bonchev–Trinajstić information content (AvgIpc) is 3.36. The quantitative estimate of drug-likeness (QED) is 0.424. The molecule has 1 N–H and O–H groups in total. The minimum absolute atomic E-state index is 0.0247. The van der Waals surface area contributed by atoms with Gasteiger partial charge in [0.25, 0.3) is 5.91 Å². The van der Waals surface area contributed by atoms with E-state index in [0.29, 0.717) is 0 Å². The molecule has 2 saturated carbocycles. The lowest BCUT2D eigenvalue weighted by atomic mass is 9.86. The van der Waals surface area contributed by atoms with Crippen LogP contribution >= 0.6 is 23.2 Å². The van der Waals surface area contributed by atoms with Gasteiger partial charge in [-0.25, -0.2) is 0 Å². The van der Waals surface area contributed by atoms with Crippen molar-refractivity contribution in [1.82, 2.24) is 19.7 Å². The number of aromatic nitrogens is 3. The van der Waals surface area contributed by atoms with Crippen molar-refractivity contribution in [3.05, 3.63) is 45.5 Å². The summed E-state index contributed by atoms with van der Waals surface area (Å²) in [5.41, 5.74) is -2.23. The van der Waals surface area contributed by atoms with Crippen molar-refractivity contribution in [2.45, 2.75) is 57.7 Å². The molecule has 2 fully saturated rings. The van der Waals surface area contributed by atoms with Gasteiger partial charge in [0, 0.05) is 18.9 Å². The fraction of sp³-hybridized carbons (Fsp3) is 0.542. The SMILES string of the molecule is CC1(CN(CC(=O)c2c(Cl)cncc2Cl)C(=O)c2cnn([C@H]3CC[C@H](C(=O)O)CC3)c2C(F)(F)F)CC1. The van der Waals surface area contributed by atoms with Crippen LogP contribution in [0.2, 0.25) is 10.0 Å². The number of hydrogen-bond donors (Lipinski definition) is 1. The maximum atomic E-state index is 14.3. The first-order chi connectivity index (χ1) is 17.3. The molecule has 2 aromatic rings. The number of alkyl halides is 3. The van der Waals surface area contributed by atoms with Gasteiger partial charge in [-0.05, 0) is 43.9 Å². The zero-order valence-electron chi connectivity index (χ0n) is 19.9. The number of aliphatic carboxylic acids is 1. The van der Waals surface area contributed by atoms with Crippen molar-refractivity contribution in [2.24, 2.45) is 11.3 Å². The predicted octanol–water partition coefficient (Wildman–Crippen LogP) is 5.54. The molecule has 0 radical (unpaired) electrons. The number of carbonyl (C=O) groups is 3. The standard InChI is InChI=1S/C24H25Cl2F3N4O4/c1-23(6-7-23)12-32(11-18(34)19-16(25)9-30-10-17(19)26)21(35)15-8-31-33(20(15)24(27,28)29)14-4-2-13(3-5-14)22(36)37/h8-10,13-14H,2-7,11-12H2,1H3,(H,36,37)/t13-,14-. The Morgan fingerprint density at radius 3 is 2.22 bits per heavy atom. The summed E-state index contributed by atoms with van der Waals surface area (Å²) < 4.78 is 43.6. The summed E-state index contributed by atoms with van der Waals surface area (Å²) in [5.74, 6) is -3.19. The van der Waals surface area contributed by atoms with Gasteiger partial charge in [-0.15, -0.1) is 0 Å². The van der Waals surface area contributed by atoms with E-state index in [1.807, 2.05) is 6.92 Å². The number of carboxylic acid groups (broad SMARTS) is 1. The van der Waals surface area contributed by atoms with Gasteiger partial charge in [0.05, 0.1) is 45.9 Å². The second-order valence-electron chi connectivity index (χ2n) is 10.1. The number of carboxylic acids is 1. The van der Waals surface area contributed by atoms with Crippen molar-refractivity contribution in [1.29, 1.82) is 0 Å². The molecule has 4 rings (SSSR count). The molecule has 1 amide bonds. The first-order valence-corrected chi connectivity index (χ1v) is 12.6. The van der Waals surface area contributed by atoms with Crippen LogP contribution < -0.4 is 0 Å². The average molecular weight is 561 g/mol. The van der Waals surface area contributed by atoms with E-state index < -0.39 is 53.6 Å². The molecule has 2 heterocycles. The van der Waals surface area contributed by atoms with Crippen LogP contribution in [0.25, 0.3) is 0 Å². The van der Waals surface area contributed by atoms with Crippen molar-refractivity contribution in [3.63, 3.8) is 0 Å². The second kappa shape index (κ2) is 10.2. The lowest BCUT2D eigenvalue weighted by molar-refractivity contribution is -0.147. The zero-order valence-corrected chi connectivity index (χ0v) is 21.4. The maximum Gasteiger partial charge on any atom is 0.433 e. The Bertz CT molecular complexity index is 1200. The molecule has 2 aliphatic carbocycles. The van der Waals surface area contributed by atoms with E-state index in [9.17, 15) is 32.7 Å². The van der Waals surface area contributed by atoms with Crippen LogP contribution in [-0.2, 0) is 11.0 Å². The van der Waals surface area contributed by atoms with E-state index in [-0.39, 0.29) is 53.3 Å². The second-order valence-corrected chi connectivity index (χ2v) is 10.9. The summed E-state index contributed by atoms with van der Waals surface area (Å²) in [6, 6.07) is -0.695. The van der Waals surface area contributed by atoms with Crippen LogP contribution in [0.1, 0.15) is 77.9 Å². The van der Waals surface area contributed by atoms with Crippen LogP contribution in [0.5, 0.6) is 0 Å². The van der Waals surface area contributed by atoms with Gasteiger partial charge in [-0.1, -0.05) is 30.1 Å². The van der Waals surface area contributed by atoms with Gasteiger partial charge in [0.1, 0.15) is 0 Å². The highest BCUT2D eigenvalue weighted by atomic mass is 35.5. The third-order valence-electron chi connectivity index (χ3n) is 7.12. The Morgan fingerprint density at radius 1 is 1.11 bits per heavy atom. The molecule has 2 aromatic heterocycles. The predicted molar refractivity (Wildman–Crippen MR) is 128 cm³/mol. The summed E-state index contributed by atoms with van der Waals surface area (Å²) in [7, 11) is 0. The van der Waals surface area contributed by atoms with Crippen LogP contribution in [0.3, 0.4) is 0 Å². The minimum atomic E-state index is -4.90. The number of carbonyl (C=O) groups excluding carboxylic acids is 2. The lowest BCUT2D eigenvalue weighted by Gasteiger charge is -2.29. The van der Waals surface area contributed by atoms with E-state index in [2.05, 4.69) is 10.1 Å². The number of rotatable bonds is 8. The van der Waals surface area contributed by atoms with Gasteiger partial charge in [-0.2, -0.15) is 18.3 Å². The molecule has 8 nitrogen and oxygen atoms in total. The van der Waals surface area contributed by atoms with E-state index in [1.165, 1.54) is 12.4 Å². The Hall–Kier alpha value is -2.66. The minimum Gasteiger partial charge on any atom is -0.481 e.